The number of hydrogen-bond acceptors (Lipinski definition) is 3. The normalized spacial score (nSPS) is 11.7. The van der Waals surface area contributed by atoms with Crippen molar-refractivity contribution in [3.63, 3.8) is 0 Å². The van der Waals surface area contributed by atoms with Crippen molar-refractivity contribution in [1.82, 2.24) is 20.0 Å². The van der Waals surface area contributed by atoms with Gasteiger partial charge in [0, 0.05) is 43.1 Å². The van der Waals surface area contributed by atoms with Gasteiger partial charge in [-0.1, -0.05) is 6.92 Å². The van der Waals surface area contributed by atoms with E-state index in [2.05, 4.69) is 15.7 Å². The van der Waals surface area contributed by atoms with Gasteiger partial charge in [0.15, 0.2) is 0 Å². The van der Waals surface area contributed by atoms with E-state index in [0.29, 0.717) is 17.8 Å². The van der Waals surface area contributed by atoms with Gasteiger partial charge in [0.25, 0.3) is 5.91 Å². The molecule has 0 saturated carbocycles. The van der Waals surface area contributed by atoms with Crippen molar-refractivity contribution in [3.8, 4) is 0 Å². The predicted molar refractivity (Wildman–Crippen MR) is 97.4 cm³/mol. The Labute approximate surface area is 148 Å². The zero-order valence-electron chi connectivity index (χ0n) is 15.1. The summed E-state index contributed by atoms with van der Waals surface area (Å²) in [5.41, 5.74) is 2.17. The molecule has 0 aliphatic carbocycles. The molecule has 0 saturated heterocycles. The molecule has 0 fully saturated rings. The van der Waals surface area contributed by atoms with Crippen molar-refractivity contribution in [2.24, 2.45) is 7.05 Å². The lowest BCUT2D eigenvalue weighted by molar-refractivity contribution is 0.0939. The molecule has 0 spiro atoms. The summed E-state index contributed by atoms with van der Waals surface area (Å²) in [4.78, 5) is 25.9. The highest BCUT2D eigenvalue weighted by Gasteiger charge is 2.12. The van der Waals surface area contributed by atoms with E-state index in [-0.39, 0.29) is 18.0 Å². The van der Waals surface area contributed by atoms with Crippen LogP contribution in [0.2, 0.25) is 0 Å². The van der Waals surface area contributed by atoms with E-state index in [1.165, 1.54) is 0 Å². The number of carbonyl (C=O) groups is 2. The zero-order valence-corrected chi connectivity index (χ0v) is 15.1. The lowest BCUT2D eigenvalue weighted by atomic mass is 10.1. The molecular formula is C18H25N5O2. The quantitative estimate of drug-likeness (QED) is 0.846. The molecule has 2 N–H and O–H groups in total. The van der Waals surface area contributed by atoms with Gasteiger partial charge in [0.2, 0.25) is 0 Å². The molecule has 2 rings (SSSR count). The van der Waals surface area contributed by atoms with E-state index >= 15 is 0 Å². The van der Waals surface area contributed by atoms with Crippen LogP contribution in [0, 0.1) is 0 Å². The summed E-state index contributed by atoms with van der Waals surface area (Å²) in [6.45, 7) is 4.45. The third-order valence-corrected chi connectivity index (χ3v) is 3.91. The van der Waals surface area contributed by atoms with Crippen molar-refractivity contribution in [3.05, 3.63) is 47.8 Å². The molecule has 1 atom stereocenters. The van der Waals surface area contributed by atoms with Crippen LogP contribution < -0.4 is 10.6 Å². The Bertz CT molecular complexity index is 723. The molecule has 1 heterocycles. The lowest BCUT2D eigenvalue weighted by Crippen LogP contribution is -2.32. The van der Waals surface area contributed by atoms with Crippen LogP contribution in [-0.2, 0) is 13.6 Å². The Morgan fingerprint density at radius 3 is 2.52 bits per heavy atom. The summed E-state index contributed by atoms with van der Waals surface area (Å²) >= 11 is 0. The molecule has 0 bridgehead atoms. The lowest BCUT2D eigenvalue weighted by Gasteiger charge is -2.17. The number of nitrogens with one attached hydrogen (secondary N) is 2. The van der Waals surface area contributed by atoms with Gasteiger partial charge in [-0.05, 0) is 37.6 Å². The Morgan fingerprint density at radius 2 is 1.96 bits per heavy atom. The summed E-state index contributed by atoms with van der Waals surface area (Å²) in [6.07, 6.45) is 4.48. The monoisotopic (exact) mass is 343 g/mol. The largest absolute Gasteiger partial charge is 0.350 e. The van der Waals surface area contributed by atoms with Crippen molar-refractivity contribution < 1.29 is 9.59 Å². The maximum absolute atomic E-state index is 12.2. The first-order valence-corrected chi connectivity index (χ1v) is 8.29. The number of nitrogens with zero attached hydrogens (tertiary/aromatic N) is 3. The molecule has 7 heteroatoms. The average molecular weight is 343 g/mol. The molecule has 3 amide bonds. The van der Waals surface area contributed by atoms with Gasteiger partial charge < -0.3 is 15.5 Å². The first-order valence-electron chi connectivity index (χ1n) is 8.29. The number of benzene rings is 1. The fourth-order valence-corrected chi connectivity index (χ4v) is 2.23. The second kappa shape index (κ2) is 8.32. The van der Waals surface area contributed by atoms with Crippen molar-refractivity contribution in [2.45, 2.75) is 32.9 Å². The SMILES string of the molecule is CC[C@H](C)NC(=O)c1ccc(NC(=O)N(C)Cc2cnn(C)c2)cc1. The third kappa shape index (κ3) is 5.34. The summed E-state index contributed by atoms with van der Waals surface area (Å²) in [7, 11) is 3.55. The Hall–Kier alpha value is -2.83. The molecular weight excluding hydrogens is 318 g/mol. The van der Waals surface area contributed by atoms with Crippen LogP contribution in [0.25, 0.3) is 0 Å². The zero-order chi connectivity index (χ0) is 18.4. The fraction of sp³-hybridized carbons (Fsp3) is 0.389. The Kier molecular flexibility index (Phi) is 6.16. The Morgan fingerprint density at radius 1 is 1.28 bits per heavy atom. The van der Waals surface area contributed by atoms with Crippen LogP contribution >= 0.6 is 0 Å². The van der Waals surface area contributed by atoms with E-state index in [4.69, 9.17) is 0 Å². The number of urea groups is 1. The van der Waals surface area contributed by atoms with Gasteiger partial charge in [-0.3, -0.25) is 9.48 Å². The van der Waals surface area contributed by atoms with Gasteiger partial charge in [-0.2, -0.15) is 5.10 Å². The Balaban J connectivity index is 1.91. The topological polar surface area (TPSA) is 79.3 Å². The molecule has 0 aliphatic rings. The highest BCUT2D eigenvalue weighted by atomic mass is 16.2. The first-order chi connectivity index (χ1) is 11.9. The average Bonchev–Trinajstić information content (AvgIpc) is 3.00. The highest BCUT2D eigenvalue weighted by Crippen LogP contribution is 2.11. The van der Waals surface area contributed by atoms with Gasteiger partial charge in [0.05, 0.1) is 12.7 Å². The maximum atomic E-state index is 12.2. The van der Waals surface area contributed by atoms with E-state index in [9.17, 15) is 9.59 Å². The fourth-order valence-electron chi connectivity index (χ4n) is 2.23. The van der Waals surface area contributed by atoms with Gasteiger partial charge in [-0.15, -0.1) is 0 Å². The number of aryl methyl sites for hydroxylation is 1. The standard InChI is InChI=1S/C18H25N5O2/c1-5-13(2)20-17(24)15-6-8-16(9-7-15)21-18(25)22(3)11-14-10-19-23(4)12-14/h6-10,12-13H,5,11H2,1-4H3,(H,20,24)(H,21,25)/t13-/m0/s1. The molecule has 0 aliphatic heterocycles. The number of rotatable bonds is 6. The van der Waals surface area contributed by atoms with Gasteiger partial charge in [0.1, 0.15) is 0 Å². The highest BCUT2D eigenvalue weighted by molar-refractivity contribution is 5.95. The molecule has 0 radical (unpaired) electrons. The summed E-state index contributed by atoms with van der Waals surface area (Å²) in [6, 6.07) is 6.76. The minimum Gasteiger partial charge on any atom is -0.350 e. The van der Waals surface area contributed by atoms with Crippen molar-refractivity contribution in [1.29, 1.82) is 0 Å². The number of anilines is 1. The van der Waals surface area contributed by atoms with Gasteiger partial charge >= 0.3 is 6.03 Å². The molecule has 1 aromatic carbocycles. The van der Waals surface area contributed by atoms with E-state index in [1.807, 2.05) is 27.1 Å². The molecule has 2 aromatic rings. The van der Waals surface area contributed by atoms with Crippen LogP contribution in [0.1, 0.15) is 36.2 Å². The number of hydrogen-bond donors (Lipinski definition) is 2. The summed E-state index contributed by atoms with van der Waals surface area (Å²) in [5.74, 6) is -0.110. The molecule has 134 valence electrons. The van der Waals surface area contributed by atoms with E-state index in [1.54, 1.807) is 47.1 Å². The van der Waals surface area contributed by atoms with E-state index < -0.39 is 0 Å². The second-order valence-corrected chi connectivity index (χ2v) is 6.17. The molecule has 7 nitrogen and oxygen atoms in total. The van der Waals surface area contributed by atoms with Crippen molar-refractivity contribution >= 4 is 17.6 Å². The smallest absolute Gasteiger partial charge is 0.321 e. The first kappa shape index (κ1) is 18.5. The summed E-state index contributed by atoms with van der Waals surface area (Å²) in [5, 5.41) is 9.81. The maximum Gasteiger partial charge on any atom is 0.321 e. The molecule has 1 aromatic heterocycles. The third-order valence-electron chi connectivity index (χ3n) is 3.91. The number of carbonyl (C=O) groups excluding carboxylic acids is 2. The molecule has 0 unspecified atom stereocenters. The number of amides is 3. The van der Waals surface area contributed by atoms with Gasteiger partial charge in [-0.25, -0.2) is 4.79 Å². The summed E-state index contributed by atoms with van der Waals surface area (Å²) < 4.78 is 1.70. The molecule has 25 heavy (non-hydrogen) atoms. The van der Waals surface area contributed by atoms with Crippen LogP contribution in [0.15, 0.2) is 36.7 Å². The minimum absolute atomic E-state index is 0.110. The van der Waals surface area contributed by atoms with Crippen molar-refractivity contribution in [2.75, 3.05) is 12.4 Å². The number of aromatic nitrogens is 2. The van der Waals surface area contributed by atoms with Crippen LogP contribution in [0.3, 0.4) is 0 Å². The second-order valence-electron chi connectivity index (χ2n) is 6.17. The van der Waals surface area contributed by atoms with Crippen LogP contribution in [0.4, 0.5) is 10.5 Å². The minimum atomic E-state index is -0.222. The van der Waals surface area contributed by atoms with Crippen LogP contribution in [-0.4, -0.2) is 39.7 Å². The van der Waals surface area contributed by atoms with Crippen LogP contribution in [0.5, 0.6) is 0 Å². The predicted octanol–water partition coefficient (Wildman–Crippen LogP) is 2.61. The van der Waals surface area contributed by atoms with E-state index in [0.717, 1.165) is 12.0 Å².